The lowest BCUT2D eigenvalue weighted by molar-refractivity contribution is -0.118. The summed E-state index contributed by atoms with van der Waals surface area (Å²) in [5.74, 6) is 0.504. The Hall–Kier alpha value is -2.61. The van der Waals surface area contributed by atoms with Crippen molar-refractivity contribution >= 4 is 33.3 Å². The van der Waals surface area contributed by atoms with Crippen molar-refractivity contribution < 1.29 is 9.53 Å². The predicted molar refractivity (Wildman–Crippen MR) is 102 cm³/mol. The third-order valence-electron chi connectivity index (χ3n) is 4.62. The first kappa shape index (κ1) is 16.8. The number of aromatic nitrogens is 3. The number of hydrogen-bond donors (Lipinski definition) is 1. The van der Waals surface area contributed by atoms with Crippen LogP contribution >= 0.6 is 11.3 Å². The van der Waals surface area contributed by atoms with Gasteiger partial charge in [-0.15, -0.1) is 10.2 Å². The normalized spacial score (nSPS) is 15.5. The summed E-state index contributed by atoms with van der Waals surface area (Å²) >= 11 is 1.63. The summed E-state index contributed by atoms with van der Waals surface area (Å²) in [5.41, 5.74) is 6.28. The van der Waals surface area contributed by atoms with E-state index in [1.165, 1.54) is 0 Å². The summed E-state index contributed by atoms with van der Waals surface area (Å²) in [4.78, 5) is 13.5. The molecule has 8 heteroatoms. The molecule has 0 bridgehead atoms. The number of rotatable bonds is 5. The summed E-state index contributed by atoms with van der Waals surface area (Å²) in [6.07, 6.45) is 3.93. The van der Waals surface area contributed by atoms with Crippen LogP contribution in [-0.4, -0.2) is 39.9 Å². The molecule has 3 aromatic rings. The number of carbonyl (C=O) groups is 1. The monoisotopic (exact) mass is 371 g/mol. The zero-order valence-electron chi connectivity index (χ0n) is 14.6. The number of hydrogen-bond acceptors (Lipinski definition) is 6. The lowest BCUT2D eigenvalue weighted by Crippen LogP contribution is -2.38. The van der Waals surface area contributed by atoms with Crippen molar-refractivity contribution in [2.24, 2.45) is 5.73 Å². The van der Waals surface area contributed by atoms with Crippen molar-refractivity contribution in [1.29, 1.82) is 0 Å². The fourth-order valence-electron chi connectivity index (χ4n) is 3.36. The number of nitrogens with two attached hydrogens (primary N) is 1. The highest BCUT2D eigenvalue weighted by Gasteiger charge is 2.23. The van der Waals surface area contributed by atoms with Crippen molar-refractivity contribution in [2.45, 2.75) is 32.4 Å². The average Bonchev–Trinajstić information content (AvgIpc) is 3.23. The topological polar surface area (TPSA) is 86.3 Å². The number of benzene rings is 1. The maximum absolute atomic E-state index is 11.2. The Morgan fingerprint density at radius 1 is 1.31 bits per heavy atom. The van der Waals surface area contributed by atoms with Crippen LogP contribution in [0.4, 0.5) is 5.13 Å². The minimum absolute atomic E-state index is 0.172. The van der Waals surface area contributed by atoms with E-state index in [0.717, 1.165) is 52.7 Å². The van der Waals surface area contributed by atoms with Crippen molar-refractivity contribution in [1.82, 2.24) is 14.8 Å². The molecule has 0 unspecified atom stereocenters. The minimum Gasteiger partial charge on any atom is -0.490 e. The number of primary amides is 1. The fraction of sp³-hybridized carbons (Fsp3) is 0.389. The molecule has 0 radical (unpaired) electrons. The molecule has 1 fully saturated rings. The number of anilines is 1. The van der Waals surface area contributed by atoms with Crippen LogP contribution < -0.4 is 15.4 Å². The molecule has 1 aromatic carbocycles. The first-order valence-electron chi connectivity index (χ1n) is 8.68. The van der Waals surface area contributed by atoms with Crippen LogP contribution in [0, 0.1) is 6.92 Å². The van der Waals surface area contributed by atoms with E-state index in [2.05, 4.69) is 15.1 Å². The molecule has 1 aliphatic heterocycles. The van der Waals surface area contributed by atoms with E-state index in [9.17, 15) is 4.79 Å². The molecule has 2 aromatic heterocycles. The Morgan fingerprint density at radius 2 is 2.12 bits per heavy atom. The van der Waals surface area contributed by atoms with Crippen LogP contribution in [0.2, 0.25) is 0 Å². The molecule has 0 atom stereocenters. The Balaban J connectivity index is 1.45. The number of carbonyl (C=O) groups excluding carboxylic acids is 1. The number of piperidine rings is 1. The molecular formula is C18H21N5O2S. The molecule has 2 N–H and O–H groups in total. The van der Waals surface area contributed by atoms with Crippen molar-refractivity contribution in [2.75, 3.05) is 18.0 Å². The predicted octanol–water partition coefficient (Wildman–Crippen LogP) is 2.33. The molecular weight excluding hydrogens is 350 g/mol. The lowest BCUT2D eigenvalue weighted by Gasteiger charge is -2.31. The Kier molecular flexibility index (Phi) is 4.50. The van der Waals surface area contributed by atoms with Gasteiger partial charge < -0.3 is 19.9 Å². The number of fused-ring (bicyclic) bond motifs is 1. The molecule has 1 saturated heterocycles. The van der Waals surface area contributed by atoms with Gasteiger partial charge in [0.2, 0.25) is 11.0 Å². The zero-order valence-corrected chi connectivity index (χ0v) is 15.4. The van der Waals surface area contributed by atoms with Gasteiger partial charge in [-0.1, -0.05) is 17.4 Å². The van der Waals surface area contributed by atoms with E-state index in [4.69, 9.17) is 10.5 Å². The average molecular weight is 371 g/mol. The van der Waals surface area contributed by atoms with Crippen molar-refractivity contribution in [3.63, 3.8) is 0 Å². The van der Waals surface area contributed by atoms with E-state index < -0.39 is 0 Å². The van der Waals surface area contributed by atoms with Crippen LogP contribution in [0.3, 0.4) is 0 Å². The molecule has 3 heterocycles. The van der Waals surface area contributed by atoms with Gasteiger partial charge in [-0.25, -0.2) is 0 Å². The highest BCUT2D eigenvalue weighted by atomic mass is 32.1. The van der Waals surface area contributed by atoms with Gasteiger partial charge in [-0.05, 0) is 25.1 Å². The summed E-state index contributed by atoms with van der Waals surface area (Å²) in [6, 6.07) is 7.89. The number of nitrogens with zero attached hydrogens (tertiary/aromatic N) is 4. The quantitative estimate of drug-likeness (QED) is 0.744. The third-order valence-corrected chi connectivity index (χ3v) is 5.52. The maximum Gasteiger partial charge on any atom is 0.237 e. The largest absolute Gasteiger partial charge is 0.490 e. The van der Waals surface area contributed by atoms with E-state index in [1.807, 2.05) is 42.0 Å². The van der Waals surface area contributed by atoms with Gasteiger partial charge in [0.1, 0.15) is 23.4 Å². The third kappa shape index (κ3) is 3.37. The van der Waals surface area contributed by atoms with Gasteiger partial charge in [-0.2, -0.15) is 0 Å². The molecule has 4 rings (SSSR count). The molecule has 136 valence electrons. The van der Waals surface area contributed by atoms with E-state index in [1.54, 1.807) is 11.3 Å². The van der Waals surface area contributed by atoms with Crippen LogP contribution in [0.25, 0.3) is 10.9 Å². The van der Waals surface area contributed by atoms with Gasteiger partial charge in [0.25, 0.3) is 0 Å². The van der Waals surface area contributed by atoms with Crippen molar-refractivity contribution in [3.05, 3.63) is 35.5 Å². The summed E-state index contributed by atoms with van der Waals surface area (Å²) in [5, 5.41) is 11.3. The van der Waals surface area contributed by atoms with Gasteiger partial charge >= 0.3 is 0 Å². The maximum atomic E-state index is 11.2. The first-order valence-corrected chi connectivity index (χ1v) is 9.49. The smallest absolute Gasteiger partial charge is 0.237 e. The Labute approximate surface area is 155 Å². The second-order valence-corrected chi connectivity index (χ2v) is 7.67. The summed E-state index contributed by atoms with van der Waals surface area (Å²) in [6.45, 7) is 3.98. The van der Waals surface area contributed by atoms with Gasteiger partial charge in [0.15, 0.2) is 0 Å². The zero-order chi connectivity index (χ0) is 18.1. The molecule has 1 amide bonds. The molecule has 1 aliphatic rings. The number of amides is 1. The van der Waals surface area contributed by atoms with Crippen LogP contribution in [0.1, 0.15) is 17.8 Å². The van der Waals surface area contributed by atoms with Gasteiger partial charge in [0, 0.05) is 37.5 Å². The molecule has 7 nitrogen and oxygen atoms in total. The van der Waals surface area contributed by atoms with E-state index in [-0.39, 0.29) is 18.6 Å². The minimum atomic E-state index is -0.354. The lowest BCUT2D eigenvalue weighted by atomic mass is 10.1. The highest BCUT2D eigenvalue weighted by molar-refractivity contribution is 7.15. The van der Waals surface area contributed by atoms with Crippen LogP contribution in [-0.2, 0) is 11.3 Å². The fourth-order valence-corrected chi connectivity index (χ4v) is 4.10. The summed E-state index contributed by atoms with van der Waals surface area (Å²) < 4.78 is 8.14. The second kappa shape index (κ2) is 6.95. The second-order valence-electron chi connectivity index (χ2n) is 6.51. The Morgan fingerprint density at radius 3 is 2.81 bits per heavy atom. The van der Waals surface area contributed by atoms with E-state index >= 15 is 0 Å². The number of ether oxygens (including phenoxy) is 1. The van der Waals surface area contributed by atoms with Crippen molar-refractivity contribution in [3.8, 4) is 5.75 Å². The molecule has 0 saturated carbocycles. The number of aryl methyl sites for hydroxylation is 1. The van der Waals surface area contributed by atoms with Crippen LogP contribution in [0.5, 0.6) is 5.75 Å². The molecule has 0 spiro atoms. The highest BCUT2D eigenvalue weighted by Crippen LogP contribution is 2.30. The van der Waals surface area contributed by atoms with Gasteiger partial charge in [-0.3, -0.25) is 4.79 Å². The molecule has 26 heavy (non-hydrogen) atoms. The van der Waals surface area contributed by atoms with Crippen LogP contribution in [0.15, 0.2) is 30.5 Å². The molecule has 0 aliphatic carbocycles. The van der Waals surface area contributed by atoms with Gasteiger partial charge in [0.05, 0.1) is 5.52 Å². The standard InChI is InChI=1S/C18H21N5O2S/c1-12-20-21-18(26-12)22-8-5-13(6-9-22)25-16-4-2-3-15-14(16)7-10-23(15)11-17(19)24/h2-4,7,10,13H,5-6,8-9,11H2,1H3,(H2,19,24). The Bertz CT molecular complexity index is 927. The summed E-state index contributed by atoms with van der Waals surface area (Å²) in [7, 11) is 0. The van der Waals surface area contributed by atoms with E-state index in [0.29, 0.717) is 0 Å². The SMILES string of the molecule is Cc1nnc(N2CCC(Oc3cccc4c3ccn4CC(N)=O)CC2)s1. The first-order chi connectivity index (χ1) is 12.6.